The molecule has 0 bridgehead atoms. The zero-order chi connectivity index (χ0) is 18.4. The summed E-state index contributed by atoms with van der Waals surface area (Å²) in [7, 11) is 3.14. The molecule has 6 nitrogen and oxygen atoms in total. The van der Waals surface area contributed by atoms with Crippen LogP contribution < -0.4 is 14.8 Å². The van der Waals surface area contributed by atoms with E-state index in [-0.39, 0.29) is 23.9 Å². The summed E-state index contributed by atoms with van der Waals surface area (Å²) in [5, 5.41) is 11.9. The van der Waals surface area contributed by atoms with Gasteiger partial charge in [-0.2, -0.15) is 0 Å². The molecule has 1 amide bonds. The van der Waals surface area contributed by atoms with Crippen molar-refractivity contribution in [2.75, 3.05) is 14.2 Å². The molecule has 0 aliphatic carbocycles. The number of rotatable bonds is 7. The lowest BCUT2D eigenvalue weighted by atomic mass is 10.0. The number of carbonyl (C=O) groups excluding carboxylic acids is 1. The molecular weight excluding hydrogens is 322 g/mol. The van der Waals surface area contributed by atoms with Crippen molar-refractivity contribution in [3.05, 3.63) is 59.2 Å². The quantitative estimate of drug-likeness (QED) is 0.807. The Kier molecular flexibility index (Phi) is 6.00. The van der Waals surface area contributed by atoms with Crippen LogP contribution in [0, 0.1) is 0 Å². The third-order valence-electron chi connectivity index (χ3n) is 3.82. The molecule has 2 aromatic carbocycles. The van der Waals surface area contributed by atoms with Gasteiger partial charge in [0.25, 0.3) is 0 Å². The molecule has 25 heavy (non-hydrogen) atoms. The minimum atomic E-state index is -1.02. The number of carboxylic acid groups (broad SMARTS) is 1. The van der Waals surface area contributed by atoms with E-state index in [9.17, 15) is 9.59 Å². The van der Waals surface area contributed by atoms with E-state index in [1.807, 2.05) is 13.0 Å². The number of aromatic carboxylic acids is 1. The summed E-state index contributed by atoms with van der Waals surface area (Å²) in [6, 6.07) is 11.4. The predicted molar refractivity (Wildman–Crippen MR) is 93.2 cm³/mol. The molecule has 0 saturated heterocycles. The largest absolute Gasteiger partial charge is 0.497 e. The Balaban J connectivity index is 2.10. The number of carboxylic acids is 1. The van der Waals surface area contributed by atoms with Crippen LogP contribution in [-0.4, -0.2) is 31.2 Å². The van der Waals surface area contributed by atoms with Crippen LogP contribution in [0.4, 0.5) is 0 Å². The minimum Gasteiger partial charge on any atom is -0.497 e. The number of ether oxygens (including phenoxy) is 2. The number of hydrogen-bond acceptors (Lipinski definition) is 4. The summed E-state index contributed by atoms with van der Waals surface area (Å²) in [5.74, 6) is 0.101. The standard InChI is InChI=1S/C19H21NO5/c1-12(16-11-15(24-2)7-8-17(16)25-3)20-18(21)10-13-5-4-6-14(9-13)19(22)23/h4-9,11-12H,10H2,1-3H3,(H,20,21)(H,22,23). The number of hydrogen-bond donors (Lipinski definition) is 2. The molecule has 0 aromatic heterocycles. The average Bonchev–Trinajstić information content (AvgIpc) is 2.61. The van der Waals surface area contributed by atoms with E-state index in [0.29, 0.717) is 17.1 Å². The van der Waals surface area contributed by atoms with Crippen molar-refractivity contribution in [3.8, 4) is 11.5 Å². The number of benzene rings is 2. The van der Waals surface area contributed by atoms with Gasteiger partial charge in [-0.1, -0.05) is 12.1 Å². The lowest BCUT2D eigenvalue weighted by Crippen LogP contribution is -2.28. The lowest BCUT2D eigenvalue weighted by Gasteiger charge is -2.18. The second kappa shape index (κ2) is 8.19. The van der Waals surface area contributed by atoms with E-state index in [2.05, 4.69) is 5.32 Å². The first kappa shape index (κ1) is 18.3. The van der Waals surface area contributed by atoms with Crippen molar-refractivity contribution in [2.45, 2.75) is 19.4 Å². The highest BCUT2D eigenvalue weighted by Crippen LogP contribution is 2.29. The van der Waals surface area contributed by atoms with Crippen LogP contribution >= 0.6 is 0 Å². The van der Waals surface area contributed by atoms with E-state index in [1.54, 1.807) is 38.5 Å². The highest BCUT2D eigenvalue weighted by Gasteiger charge is 2.16. The summed E-state index contributed by atoms with van der Waals surface area (Å²) < 4.78 is 10.6. The summed E-state index contributed by atoms with van der Waals surface area (Å²) in [6.07, 6.45) is 0.0950. The fourth-order valence-electron chi connectivity index (χ4n) is 2.55. The van der Waals surface area contributed by atoms with Crippen LogP contribution in [0.15, 0.2) is 42.5 Å². The van der Waals surface area contributed by atoms with Gasteiger partial charge in [0, 0.05) is 5.56 Å². The van der Waals surface area contributed by atoms with Crippen LogP contribution in [-0.2, 0) is 11.2 Å². The molecule has 0 fully saturated rings. The normalized spacial score (nSPS) is 11.5. The first-order valence-corrected chi connectivity index (χ1v) is 7.78. The van der Waals surface area contributed by atoms with Gasteiger partial charge in [-0.15, -0.1) is 0 Å². The predicted octanol–water partition coefficient (Wildman–Crippen LogP) is 2.82. The van der Waals surface area contributed by atoms with Gasteiger partial charge >= 0.3 is 5.97 Å². The molecule has 1 atom stereocenters. The van der Waals surface area contributed by atoms with Crippen LogP contribution in [0.1, 0.15) is 34.5 Å². The third-order valence-corrected chi connectivity index (χ3v) is 3.82. The molecular formula is C19H21NO5. The molecule has 0 spiro atoms. The van der Waals surface area contributed by atoms with Crippen molar-refractivity contribution in [2.24, 2.45) is 0 Å². The molecule has 0 saturated carbocycles. The first-order valence-electron chi connectivity index (χ1n) is 7.78. The summed E-state index contributed by atoms with van der Waals surface area (Å²) >= 11 is 0. The van der Waals surface area contributed by atoms with Gasteiger partial charge in [0.1, 0.15) is 11.5 Å². The molecule has 0 radical (unpaired) electrons. The Bertz CT molecular complexity index is 772. The maximum absolute atomic E-state index is 12.3. The zero-order valence-electron chi connectivity index (χ0n) is 14.4. The fourth-order valence-corrected chi connectivity index (χ4v) is 2.55. The molecule has 2 N–H and O–H groups in total. The Morgan fingerprint density at radius 1 is 1.12 bits per heavy atom. The molecule has 0 aliphatic rings. The molecule has 2 aromatic rings. The molecule has 1 unspecified atom stereocenters. The zero-order valence-corrected chi connectivity index (χ0v) is 14.4. The second-order valence-electron chi connectivity index (χ2n) is 5.58. The van der Waals surface area contributed by atoms with Gasteiger partial charge in [-0.05, 0) is 42.8 Å². The van der Waals surface area contributed by atoms with Gasteiger partial charge in [0.2, 0.25) is 5.91 Å². The topological polar surface area (TPSA) is 84.9 Å². The number of carbonyl (C=O) groups is 2. The Hall–Kier alpha value is -3.02. The average molecular weight is 343 g/mol. The molecule has 132 valence electrons. The summed E-state index contributed by atoms with van der Waals surface area (Å²) in [4.78, 5) is 23.3. The first-order chi connectivity index (χ1) is 11.9. The monoisotopic (exact) mass is 343 g/mol. The van der Waals surface area contributed by atoms with E-state index in [4.69, 9.17) is 14.6 Å². The highest BCUT2D eigenvalue weighted by atomic mass is 16.5. The molecule has 0 heterocycles. The second-order valence-corrected chi connectivity index (χ2v) is 5.58. The van der Waals surface area contributed by atoms with Crippen molar-refractivity contribution in [3.63, 3.8) is 0 Å². The van der Waals surface area contributed by atoms with Gasteiger partial charge in [-0.3, -0.25) is 4.79 Å². The van der Waals surface area contributed by atoms with Gasteiger partial charge in [0.15, 0.2) is 0 Å². The van der Waals surface area contributed by atoms with Crippen molar-refractivity contribution < 1.29 is 24.2 Å². The van der Waals surface area contributed by atoms with Gasteiger partial charge in [-0.25, -0.2) is 4.79 Å². The third kappa shape index (κ3) is 4.73. The minimum absolute atomic E-state index is 0.0950. The summed E-state index contributed by atoms with van der Waals surface area (Å²) in [5.41, 5.74) is 1.60. The Morgan fingerprint density at radius 2 is 1.88 bits per heavy atom. The van der Waals surface area contributed by atoms with E-state index >= 15 is 0 Å². The number of nitrogens with one attached hydrogen (secondary N) is 1. The Labute approximate surface area is 146 Å². The smallest absolute Gasteiger partial charge is 0.335 e. The van der Waals surface area contributed by atoms with Gasteiger partial charge in [0.05, 0.1) is 32.2 Å². The number of methoxy groups -OCH3 is 2. The SMILES string of the molecule is COc1ccc(OC)c(C(C)NC(=O)Cc2cccc(C(=O)O)c2)c1. The van der Waals surface area contributed by atoms with E-state index < -0.39 is 5.97 Å². The van der Waals surface area contributed by atoms with E-state index in [1.165, 1.54) is 12.1 Å². The molecule has 0 aliphatic heterocycles. The summed E-state index contributed by atoms with van der Waals surface area (Å²) in [6.45, 7) is 1.85. The van der Waals surface area contributed by atoms with Crippen LogP contribution in [0.3, 0.4) is 0 Å². The van der Waals surface area contributed by atoms with Gasteiger partial charge < -0.3 is 19.9 Å². The maximum Gasteiger partial charge on any atom is 0.335 e. The molecule has 6 heteroatoms. The number of amides is 1. The fraction of sp³-hybridized carbons (Fsp3) is 0.263. The van der Waals surface area contributed by atoms with E-state index in [0.717, 1.165) is 5.56 Å². The van der Waals surface area contributed by atoms with Crippen LogP contribution in [0.5, 0.6) is 11.5 Å². The Morgan fingerprint density at radius 3 is 2.52 bits per heavy atom. The highest BCUT2D eigenvalue weighted by molar-refractivity contribution is 5.88. The van der Waals surface area contributed by atoms with Crippen molar-refractivity contribution in [1.29, 1.82) is 0 Å². The molecule has 2 rings (SSSR count). The van der Waals surface area contributed by atoms with Crippen molar-refractivity contribution in [1.82, 2.24) is 5.32 Å². The van der Waals surface area contributed by atoms with Crippen LogP contribution in [0.2, 0.25) is 0 Å². The van der Waals surface area contributed by atoms with Crippen molar-refractivity contribution >= 4 is 11.9 Å². The van der Waals surface area contributed by atoms with Crippen LogP contribution in [0.25, 0.3) is 0 Å². The lowest BCUT2D eigenvalue weighted by molar-refractivity contribution is -0.121. The maximum atomic E-state index is 12.3.